The van der Waals surface area contributed by atoms with Crippen LogP contribution < -0.4 is 10.2 Å². The van der Waals surface area contributed by atoms with Gasteiger partial charge in [-0.25, -0.2) is 0 Å². The Morgan fingerprint density at radius 1 is 1.20 bits per heavy atom. The monoisotopic (exact) mass is 278 g/mol. The number of nitrogens with zero attached hydrogens (tertiary/aromatic N) is 1. The van der Waals surface area contributed by atoms with Crippen molar-refractivity contribution >= 4 is 5.69 Å². The summed E-state index contributed by atoms with van der Waals surface area (Å²) in [6, 6.07) is 6.98. The molecule has 1 aromatic carbocycles. The molecular weight excluding hydrogens is 248 g/mol. The maximum atomic E-state index is 9.62. The van der Waals surface area contributed by atoms with Crippen molar-refractivity contribution in [3.63, 3.8) is 0 Å². The molecular formula is C17H30N2O. The van der Waals surface area contributed by atoms with Gasteiger partial charge in [0.15, 0.2) is 0 Å². The summed E-state index contributed by atoms with van der Waals surface area (Å²) in [6.45, 7) is 11.6. The number of hydrogen-bond acceptors (Lipinski definition) is 3. The number of aryl methyl sites for hydroxylation is 2. The van der Waals surface area contributed by atoms with Gasteiger partial charge in [0, 0.05) is 30.9 Å². The van der Waals surface area contributed by atoms with Gasteiger partial charge in [-0.15, -0.1) is 0 Å². The van der Waals surface area contributed by atoms with Gasteiger partial charge in [0.1, 0.15) is 0 Å². The maximum absolute atomic E-state index is 9.62. The van der Waals surface area contributed by atoms with E-state index in [1.807, 2.05) is 0 Å². The van der Waals surface area contributed by atoms with Crippen LogP contribution in [0.2, 0.25) is 0 Å². The Hall–Kier alpha value is -1.06. The van der Waals surface area contributed by atoms with Crippen molar-refractivity contribution in [1.29, 1.82) is 0 Å². The van der Waals surface area contributed by atoms with Crippen molar-refractivity contribution < 1.29 is 5.11 Å². The van der Waals surface area contributed by atoms with Crippen LogP contribution in [0.15, 0.2) is 18.2 Å². The second-order valence-corrected chi connectivity index (χ2v) is 6.54. The molecule has 3 nitrogen and oxygen atoms in total. The van der Waals surface area contributed by atoms with Gasteiger partial charge < -0.3 is 15.3 Å². The lowest BCUT2D eigenvalue weighted by Gasteiger charge is -2.33. The largest absolute Gasteiger partial charge is 0.394 e. The highest BCUT2D eigenvalue weighted by Gasteiger charge is 2.24. The minimum Gasteiger partial charge on any atom is -0.394 e. The maximum Gasteiger partial charge on any atom is 0.0611 e. The van der Waals surface area contributed by atoms with Gasteiger partial charge in [0.05, 0.1) is 6.61 Å². The summed E-state index contributed by atoms with van der Waals surface area (Å²) in [4.78, 5) is 2.26. The summed E-state index contributed by atoms with van der Waals surface area (Å²) in [6.07, 6.45) is 0.908. The predicted octanol–water partition coefficient (Wildman–Crippen LogP) is 2.88. The van der Waals surface area contributed by atoms with Crippen LogP contribution in [0.5, 0.6) is 0 Å². The van der Waals surface area contributed by atoms with Crippen LogP contribution in [0.25, 0.3) is 0 Å². The highest BCUT2D eigenvalue weighted by molar-refractivity contribution is 5.50. The van der Waals surface area contributed by atoms with Crippen molar-refractivity contribution in [1.82, 2.24) is 5.32 Å². The van der Waals surface area contributed by atoms with Crippen molar-refractivity contribution in [2.45, 2.75) is 52.6 Å². The molecule has 1 aromatic rings. The van der Waals surface area contributed by atoms with E-state index < -0.39 is 0 Å². The van der Waals surface area contributed by atoms with Crippen LogP contribution in [0.3, 0.4) is 0 Å². The second-order valence-electron chi connectivity index (χ2n) is 6.54. The Bertz CT molecular complexity index is 411. The fourth-order valence-corrected chi connectivity index (χ4v) is 2.61. The van der Waals surface area contributed by atoms with E-state index in [0.29, 0.717) is 6.04 Å². The standard InChI is InChI=1S/C17H30N2O/c1-13(2)18-17(5,12-20)7-8-19(6)16-10-14(3)9-15(4)11-16/h9-11,13,18,20H,7-8,12H2,1-6H3. The molecule has 0 aliphatic rings. The third-order valence-corrected chi connectivity index (χ3v) is 3.63. The fourth-order valence-electron chi connectivity index (χ4n) is 2.61. The second kappa shape index (κ2) is 7.09. The molecule has 2 N–H and O–H groups in total. The summed E-state index contributed by atoms with van der Waals surface area (Å²) < 4.78 is 0. The molecule has 3 heteroatoms. The summed E-state index contributed by atoms with van der Waals surface area (Å²) in [5.41, 5.74) is 3.60. The average Bonchev–Trinajstić information content (AvgIpc) is 2.34. The van der Waals surface area contributed by atoms with Gasteiger partial charge in [-0.05, 0) is 50.5 Å². The predicted molar refractivity (Wildman–Crippen MR) is 87.6 cm³/mol. The Morgan fingerprint density at radius 2 is 1.75 bits per heavy atom. The normalized spacial score (nSPS) is 14.4. The lowest BCUT2D eigenvalue weighted by molar-refractivity contribution is 0.158. The van der Waals surface area contributed by atoms with Gasteiger partial charge >= 0.3 is 0 Å². The number of hydrogen-bond donors (Lipinski definition) is 2. The van der Waals surface area contributed by atoms with Crippen molar-refractivity contribution in [3.8, 4) is 0 Å². The molecule has 0 radical (unpaired) electrons. The summed E-state index contributed by atoms with van der Waals surface area (Å²) in [5.74, 6) is 0. The van der Waals surface area contributed by atoms with E-state index in [0.717, 1.165) is 13.0 Å². The molecule has 0 fully saturated rings. The molecule has 0 bridgehead atoms. The third kappa shape index (κ3) is 5.14. The minimum absolute atomic E-state index is 0.159. The van der Waals surface area contributed by atoms with Gasteiger partial charge in [0.2, 0.25) is 0 Å². The van der Waals surface area contributed by atoms with Gasteiger partial charge in [0.25, 0.3) is 0 Å². The van der Waals surface area contributed by atoms with E-state index >= 15 is 0 Å². The Morgan fingerprint density at radius 3 is 2.20 bits per heavy atom. The first-order valence-electron chi connectivity index (χ1n) is 7.44. The highest BCUT2D eigenvalue weighted by Crippen LogP contribution is 2.19. The molecule has 0 amide bonds. The average molecular weight is 278 g/mol. The van der Waals surface area contributed by atoms with Gasteiger partial charge in [-0.3, -0.25) is 0 Å². The summed E-state index contributed by atoms with van der Waals surface area (Å²) >= 11 is 0. The van der Waals surface area contributed by atoms with Crippen LogP contribution in [-0.4, -0.2) is 36.9 Å². The fraction of sp³-hybridized carbons (Fsp3) is 0.647. The lowest BCUT2D eigenvalue weighted by atomic mass is 9.97. The zero-order valence-corrected chi connectivity index (χ0v) is 13.8. The molecule has 0 heterocycles. The van der Waals surface area contributed by atoms with Gasteiger partial charge in [-0.2, -0.15) is 0 Å². The molecule has 0 saturated heterocycles. The van der Waals surface area contributed by atoms with E-state index in [1.165, 1.54) is 16.8 Å². The molecule has 20 heavy (non-hydrogen) atoms. The molecule has 114 valence electrons. The molecule has 0 aliphatic carbocycles. The molecule has 0 spiro atoms. The smallest absolute Gasteiger partial charge is 0.0611 e. The van der Waals surface area contributed by atoms with Crippen molar-refractivity contribution in [3.05, 3.63) is 29.3 Å². The number of benzene rings is 1. The molecule has 1 atom stereocenters. The van der Waals surface area contributed by atoms with E-state index in [4.69, 9.17) is 0 Å². The van der Waals surface area contributed by atoms with Gasteiger partial charge in [-0.1, -0.05) is 19.9 Å². The Balaban J connectivity index is 2.68. The minimum atomic E-state index is -0.221. The molecule has 0 aliphatic heterocycles. The number of rotatable bonds is 7. The van der Waals surface area contributed by atoms with Crippen molar-refractivity contribution in [2.24, 2.45) is 0 Å². The molecule has 0 aromatic heterocycles. The Labute approximate surface area is 124 Å². The summed E-state index contributed by atoms with van der Waals surface area (Å²) in [7, 11) is 2.11. The SMILES string of the molecule is Cc1cc(C)cc(N(C)CCC(C)(CO)NC(C)C)c1. The topological polar surface area (TPSA) is 35.5 Å². The molecule has 0 saturated carbocycles. The zero-order valence-electron chi connectivity index (χ0n) is 13.8. The molecule has 1 unspecified atom stereocenters. The van der Waals surface area contributed by atoms with Crippen LogP contribution in [-0.2, 0) is 0 Å². The third-order valence-electron chi connectivity index (χ3n) is 3.63. The number of aliphatic hydroxyl groups is 1. The van der Waals surface area contributed by atoms with Crippen LogP contribution in [0.1, 0.15) is 38.3 Å². The number of anilines is 1. The van der Waals surface area contributed by atoms with E-state index in [1.54, 1.807) is 0 Å². The van der Waals surface area contributed by atoms with E-state index in [2.05, 4.69) is 70.1 Å². The lowest BCUT2D eigenvalue weighted by Crippen LogP contribution is -2.50. The zero-order chi connectivity index (χ0) is 15.3. The van der Waals surface area contributed by atoms with Crippen LogP contribution >= 0.6 is 0 Å². The summed E-state index contributed by atoms with van der Waals surface area (Å²) in [5, 5.41) is 13.1. The number of nitrogens with one attached hydrogen (secondary N) is 1. The quantitative estimate of drug-likeness (QED) is 0.805. The Kier molecular flexibility index (Phi) is 6.03. The van der Waals surface area contributed by atoms with Crippen molar-refractivity contribution in [2.75, 3.05) is 25.1 Å². The first kappa shape index (κ1) is 17.0. The number of aliphatic hydroxyl groups excluding tert-OH is 1. The molecule has 1 rings (SSSR count). The first-order valence-corrected chi connectivity index (χ1v) is 7.44. The highest BCUT2D eigenvalue weighted by atomic mass is 16.3. The van der Waals surface area contributed by atoms with Crippen LogP contribution in [0, 0.1) is 13.8 Å². The van der Waals surface area contributed by atoms with E-state index in [9.17, 15) is 5.11 Å². The van der Waals surface area contributed by atoms with Crippen LogP contribution in [0.4, 0.5) is 5.69 Å². The van der Waals surface area contributed by atoms with E-state index in [-0.39, 0.29) is 12.1 Å². The first-order chi connectivity index (χ1) is 9.25.